The molecule has 3 heterocycles. The maximum atomic E-state index is 13.0. The number of hydrogen-bond acceptors (Lipinski definition) is 5. The molecule has 0 spiro atoms. The minimum atomic E-state index is -0.506. The van der Waals surface area contributed by atoms with E-state index in [1.807, 2.05) is 0 Å². The van der Waals surface area contributed by atoms with Crippen LogP contribution < -0.4 is 5.56 Å². The van der Waals surface area contributed by atoms with E-state index in [1.54, 1.807) is 39.1 Å². The van der Waals surface area contributed by atoms with Gasteiger partial charge in [-0.15, -0.1) is 0 Å². The maximum absolute atomic E-state index is 13.0. The second-order valence-electron chi connectivity index (χ2n) is 5.58. The van der Waals surface area contributed by atoms with Crippen LogP contribution in [0.25, 0.3) is 5.52 Å². The van der Waals surface area contributed by atoms with Gasteiger partial charge < -0.3 is 9.30 Å². The van der Waals surface area contributed by atoms with Crippen LogP contribution >= 0.6 is 0 Å². The summed E-state index contributed by atoms with van der Waals surface area (Å²) >= 11 is 0. The van der Waals surface area contributed by atoms with Gasteiger partial charge >= 0.3 is 5.97 Å². The Morgan fingerprint density at radius 1 is 1.28 bits per heavy atom. The fourth-order valence-electron chi connectivity index (χ4n) is 2.76. The Hall–Kier alpha value is -3.22. The number of esters is 1. The summed E-state index contributed by atoms with van der Waals surface area (Å²) in [7, 11) is 1.61. The number of carbonyl (C=O) groups excluding carboxylic acids is 2. The minimum Gasteiger partial charge on any atom is -0.462 e. The van der Waals surface area contributed by atoms with E-state index in [0.29, 0.717) is 16.6 Å². The highest BCUT2D eigenvalue weighted by Gasteiger charge is 2.26. The zero-order valence-electron chi connectivity index (χ0n) is 14.1. The summed E-state index contributed by atoms with van der Waals surface area (Å²) in [5, 5.41) is 4.20. The smallest absolute Gasteiger partial charge is 0.340 e. The summed E-state index contributed by atoms with van der Waals surface area (Å²) in [5.41, 5.74) is 1.47. The molecular formula is C18H17N3O4. The van der Waals surface area contributed by atoms with Crippen LogP contribution in [-0.2, 0) is 11.8 Å². The van der Waals surface area contributed by atoms with Gasteiger partial charge in [-0.3, -0.25) is 9.59 Å². The molecule has 0 unspecified atom stereocenters. The molecule has 0 radical (unpaired) electrons. The van der Waals surface area contributed by atoms with Crippen molar-refractivity contribution in [3.05, 3.63) is 69.4 Å². The molecule has 0 aliphatic heterocycles. The van der Waals surface area contributed by atoms with Crippen molar-refractivity contribution >= 4 is 17.3 Å². The van der Waals surface area contributed by atoms with Crippen LogP contribution in [0.5, 0.6) is 0 Å². The average Bonchev–Trinajstić information content (AvgIpc) is 2.89. The number of nitrogens with zero attached hydrogens (tertiary/aromatic N) is 3. The molecule has 7 heteroatoms. The number of aromatic nitrogens is 3. The third-order valence-corrected chi connectivity index (χ3v) is 4.01. The minimum absolute atomic E-state index is 0.230. The highest BCUT2D eigenvalue weighted by atomic mass is 16.5. The van der Waals surface area contributed by atoms with Gasteiger partial charge in [-0.25, -0.2) is 9.31 Å². The summed E-state index contributed by atoms with van der Waals surface area (Å²) in [4.78, 5) is 37.1. The molecule has 128 valence electrons. The van der Waals surface area contributed by atoms with Gasteiger partial charge in [-0.2, -0.15) is 5.10 Å². The van der Waals surface area contributed by atoms with Gasteiger partial charge in [0.1, 0.15) is 5.69 Å². The average molecular weight is 339 g/mol. The molecule has 0 N–H and O–H groups in total. The van der Waals surface area contributed by atoms with Crippen molar-refractivity contribution in [1.82, 2.24) is 14.2 Å². The molecule has 25 heavy (non-hydrogen) atoms. The van der Waals surface area contributed by atoms with Crippen LogP contribution in [-0.4, -0.2) is 32.5 Å². The van der Waals surface area contributed by atoms with Crippen molar-refractivity contribution in [3.8, 4) is 0 Å². The van der Waals surface area contributed by atoms with Crippen molar-refractivity contribution in [2.24, 2.45) is 7.05 Å². The Balaban J connectivity index is 2.24. The summed E-state index contributed by atoms with van der Waals surface area (Å²) < 4.78 is 7.90. The first kappa shape index (κ1) is 16.6. The molecule has 0 aliphatic carbocycles. The van der Waals surface area contributed by atoms with Gasteiger partial charge in [0.05, 0.1) is 17.7 Å². The Kier molecular flexibility index (Phi) is 4.22. The number of aryl methyl sites for hydroxylation is 1. The molecule has 3 rings (SSSR count). The number of ketones is 1. The van der Waals surface area contributed by atoms with Crippen LogP contribution in [0.4, 0.5) is 0 Å². The predicted octanol–water partition coefficient (Wildman–Crippen LogP) is 1.75. The summed E-state index contributed by atoms with van der Waals surface area (Å²) in [6.07, 6.45) is 3.06. The van der Waals surface area contributed by atoms with E-state index in [0.717, 1.165) is 0 Å². The third-order valence-electron chi connectivity index (χ3n) is 4.01. The second kappa shape index (κ2) is 6.35. The van der Waals surface area contributed by atoms with Crippen LogP contribution in [0.2, 0.25) is 0 Å². The van der Waals surface area contributed by atoms with Gasteiger partial charge in [-0.05, 0) is 37.6 Å². The molecule has 0 aromatic carbocycles. The largest absolute Gasteiger partial charge is 0.462 e. The number of hydrogen-bond donors (Lipinski definition) is 0. The number of pyridine rings is 1. The highest BCUT2D eigenvalue weighted by Crippen LogP contribution is 2.25. The van der Waals surface area contributed by atoms with Gasteiger partial charge in [0.15, 0.2) is 0 Å². The quantitative estimate of drug-likeness (QED) is 0.534. The Morgan fingerprint density at radius 2 is 2.04 bits per heavy atom. The van der Waals surface area contributed by atoms with Crippen molar-refractivity contribution < 1.29 is 14.3 Å². The molecule has 3 aromatic rings. The SMILES string of the molecule is CCOC(=O)c1c(C)c(C(=O)c2ccn(C)c(=O)c2)n2ncccc12. The lowest BCUT2D eigenvalue weighted by Crippen LogP contribution is -2.18. The summed E-state index contributed by atoms with van der Waals surface area (Å²) in [5.74, 6) is -0.882. The van der Waals surface area contributed by atoms with E-state index in [2.05, 4.69) is 5.10 Å². The summed E-state index contributed by atoms with van der Waals surface area (Å²) in [6.45, 7) is 3.62. The van der Waals surface area contributed by atoms with E-state index in [-0.39, 0.29) is 29.2 Å². The first-order valence-corrected chi connectivity index (χ1v) is 7.80. The fraction of sp³-hybridized carbons (Fsp3) is 0.222. The lowest BCUT2D eigenvalue weighted by atomic mass is 10.0. The van der Waals surface area contributed by atoms with Gasteiger partial charge in [-0.1, -0.05) is 0 Å². The number of ether oxygens (including phenoxy) is 1. The first-order chi connectivity index (χ1) is 12.0. The lowest BCUT2D eigenvalue weighted by molar-refractivity contribution is 0.0528. The fourth-order valence-corrected chi connectivity index (χ4v) is 2.76. The molecule has 0 saturated heterocycles. The normalized spacial score (nSPS) is 10.8. The Morgan fingerprint density at radius 3 is 2.72 bits per heavy atom. The monoisotopic (exact) mass is 339 g/mol. The van der Waals surface area contributed by atoms with Crippen LogP contribution in [0.1, 0.15) is 38.9 Å². The van der Waals surface area contributed by atoms with Gasteiger partial charge in [0, 0.05) is 31.1 Å². The van der Waals surface area contributed by atoms with Crippen LogP contribution in [0.15, 0.2) is 41.5 Å². The van der Waals surface area contributed by atoms with Crippen LogP contribution in [0, 0.1) is 6.92 Å². The number of rotatable bonds is 4. The number of carbonyl (C=O) groups is 2. The second-order valence-corrected chi connectivity index (χ2v) is 5.58. The molecule has 0 aliphatic rings. The van der Waals surface area contributed by atoms with Gasteiger partial charge in [0.2, 0.25) is 5.78 Å². The van der Waals surface area contributed by atoms with Crippen molar-refractivity contribution in [2.45, 2.75) is 13.8 Å². The maximum Gasteiger partial charge on any atom is 0.340 e. The standard InChI is InChI=1S/C18H17N3O4/c1-4-25-18(24)15-11(2)16(21-13(15)6-5-8-19-21)17(23)12-7-9-20(3)14(22)10-12/h5-10H,4H2,1-3H3. The summed E-state index contributed by atoms with van der Waals surface area (Å²) in [6, 6.07) is 6.22. The predicted molar refractivity (Wildman–Crippen MR) is 91.0 cm³/mol. The van der Waals surface area contributed by atoms with Crippen molar-refractivity contribution in [3.63, 3.8) is 0 Å². The molecule has 3 aromatic heterocycles. The molecule has 0 bridgehead atoms. The third kappa shape index (κ3) is 2.73. The van der Waals surface area contributed by atoms with E-state index in [4.69, 9.17) is 4.74 Å². The highest BCUT2D eigenvalue weighted by molar-refractivity contribution is 6.12. The zero-order chi connectivity index (χ0) is 18.1. The van der Waals surface area contributed by atoms with Gasteiger partial charge in [0.25, 0.3) is 5.56 Å². The van der Waals surface area contributed by atoms with Crippen molar-refractivity contribution in [2.75, 3.05) is 6.61 Å². The topological polar surface area (TPSA) is 82.7 Å². The van der Waals surface area contributed by atoms with E-state index < -0.39 is 5.97 Å². The van der Waals surface area contributed by atoms with E-state index in [9.17, 15) is 14.4 Å². The zero-order valence-corrected chi connectivity index (χ0v) is 14.1. The first-order valence-electron chi connectivity index (χ1n) is 7.80. The molecule has 7 nitrogen and oxygen atoms in total. The number of fused-ring (bicyclic) bond motifs is 1. The molecule has 0 saturated carbocycles. The lowest BCUT2D eigenvalue weighted by Gasteiger charge is -2.04. The molecular weight excluding hydrogens is 322 g/mol. The van der Waals surface area contributed by atoms with E-state index >= 15 is 0 Å². The molecule has 0 atom stereocenters. The molecule has 0 amide bonds. The van der Waals surface area contributed by atoms with E-state index in [1.165, 1.54) is 27.5 Å². The Bertz CT molecular complexity index is 1050. The Labute approximate surface area is 143 Å². The van der Waals surface area contributed by atoms with Crippen LogP contribution in [0.3, 0.4) is 0 Å². The van der Waals surface area contributed by atoms with Crippen molar-refractivity contribution in [1.29, 1.82) is 0 Å². The molecule has 0 fully saturated rings.